The van der Waals surface area contributed by atoms with Gasteiger partial charge in [0.25, 0.3) is 0 Å². The Bertz CT molecular complexity index is 176. The van der Waals surface area contributed by atoms with Crippen molar-refractivity contribution in [2.75, 3.05) is 6.61 Å². The molecule has 14 heavy (non-hydrogen) atoms. The fourth-order valence-electron chi connectivity index (χ4n) is 1.30. The fraction of sp³-hybridized carbons (Fsp3) is 0.909. The Morgan fingerprint density at radius 1 is 1.36 bits per heavy atom. The van der Waals surface area contributed by atoms with Crippen molar-refractivity contribution in [3.05, 3.63) is 0 Å². The first-order chi connectivity index (χ1) is 6.49. The van der Waals surface area contributed by atoms with Gasteiger partial charge in [0.1, 0.15) is 6.04 Å². The molecule has 0 aromatic rings. The Labute approximate surface area is 87.2 Å². The maximum atomic E-state index is 11.4. The summed E-state index contributed by atoms with van der Waals surface area (Å²) in [7, 11) is 0. The first kappa shape index (κ1) is 13.4. The van der Waals surface area contributed by atoms with Gasteiger partial charge in [0.05, 0.1) is 6.61 Å². The van der Waals surface area contributed by atoms with E-state index in [0.29, 0.717) is 6.61 Å². The first-order valence-corrected chi connectivity index (χ1v) is 5.43. The van der Waals surface area contributed by atoms with Crippen LogP contribution in [-0.4, -0.2) is 24.2 Å². The van der Waals surface area contributed by atoms with Crippen molar-refractivity contribution >= 4 is 5.97 Å². The number of carbonyl (C=O) groups excluding carboxylic acids is 1. The summed E-state index contributed by atoms with van der Waals surface area (Å²) in [5.41, 5.74) is 0.0339. The summed E-state index contributed by atoms with van der Waals surface area (Å²) in [6.45, 7) is 10.5. The molecule has 1 N–H and O–H groups in total. The summed E-state index contributed by atoms with van der Waals surface area (Å²) in [5, 5.41) is 3.30. The minimum absolute atomic E-state index is 0.0339. The molecule has 1 unspecified atom stereocenters. The van der Waals surface area contributed by atoms with Gasteiger partial charge in [0.15, 0.2) is 0 Å². The maximum absolute atomic E-state index is 11.4. The highest BCUT2D eigenvalue weighted by molar-refractivity contribution is 5.75. The summed E-state index contributed by atoms with van der Waals surface area (Å²) in [4.78, 5) is 11.4. The molecule has 0 aliphatic rings. The lowest BCUT2D eigenvalue weighted by atomic mass is 9.94. The van der Waals surface area contributed by atoms with E-state index in [1.807, 2.05) is 13.8 Å². The zero-order valence-electron chi connectivity index (χ0n) is 10.0. The molecule has 1 atom stereocenters. The van der Waals surface area contributed by atoms with E-state index in [1.54, 1.807) is 0 Å². The Kier molecular flexibility index (Phi) is 5.77. The van der Waals surface area contributed by atoms with Gasteiger partial charge in [-0.1, -0.05) is 13.8 Å². The third-order valence-electron chi connectivity index (χ3n) is 2.77. The van der Waals surface area contributed by atoms with Crippen LogP contribution < -0.4 is 5.32 Å². The highest BCUT2D eigenvalue weighted by atomic mass is 16.5. The van der Waals surface area contributed by atoms with Crippen LogP contribution in [0.25, 0.3) is 0 Å². The molecular formula is C11H23NO2. The molecule has 0 heterocycles. The number of nitrogens with one attached hydrogen (secondary N) is 1. The van der Waals surface area contributed by atoms with E-state index < -0.39 is 0 Å². The van der Waals surface area contributed by atoms with E-state index >= 15 is 0 Å². The smallest absolute Gasteiger partial charge is 0.322 e. The fourth-order valence-corrected chi connectivity index (χ4v) is 1.30. The molecule has 0 fully saturated rings. The topological polar surface area (TPSA) is 38.3 Å². The molecule has 0 spiro atoms. The summed E-state index contributed by atoms with van der Waals surface area (Å²) < 4.78 is 4.94. The van der Waals surface area contributed by atoms with E-state index in [9.17, 15) is 4.79 Å². The Morgan fingerprint density at radius 3 is 2.21 bits per heavy atom. The third-order valence-corrected chi connectivity index (χ3v) is 2.77. The largest absolute Gasteiger partial charge is 0.465 e. The van der Waals surface area contributed by atoms with Crippen molar-refractivity contribution in [3.63, 3.8) is 0 Å². The summed E-state index contributed by atoms with van der Waals surface area (Å²) in [5.74, 6) is -0.166. The first-order valence-electron chi connectivity index (χ1n) is 5.43. The lowest BCUT2D eigenvalue weighted by molar-refractivity contribution is -0.145. The average Bonchev–Trinajstić information content (AvgIpc) is 2.18. The minimum atomic E-state index is -0.222. The maximum Gasteiger partial charge on any atom is 0.322 e. The molecule has 0 aromatic heterocycles. The second-order valence-electron chi connectivity index (χ2n) is 3.89. The van der Waals surface area contributed by atoms with E-state index in [4.69, 9.17) is 4.74 Å². The number of rotatable bonds is 6. The predicted octanol–water partition coefficient (Wildman–Crippen LogP) is 2.11. The van der Waals surface area contributed by atoms with E-state index in [2.05, 4.69) is 26.1 Å². The zero-order chi connectivity index (χ0) is 11.2. The molecule has 0 aliphatic carbocycles. The van der Waals surface area contributed by atoms with Crippen molar-refractivity contribution in [2.45, 2.75) is 59.0 Å². The van der Waals surface area contributed by atoms with Crippen LogP contribution in [0, 0.1) is 0 Å². The second kappa shape index (κ2) is 6.02. The van der Waals surface area contributed by atoms with Gasteiger partial charge >= 0.3 is 5.97 Å². The molecule has 0 aromatic carbocycles. The van der Waals surface area contributed by atoms with Crippen LogP contribution in [0.2, 0.25) is 0 Å². The standard InChI is InChI=1S/C11H23NO2/c1-6-11(5,7-2)12-9(4)10(13)14-8-3/h9,12H,6-8H2,1-5H3. The van der Waals surface area contributed by atoms with Crippen LogP contribution in [0.5, 0.6) is 0 Å². The third kappa shape index (κ3) is 4.09. The highest BCUT2D eigenvalue weighted by Crippen LogP contribution is 2.14. The van der Waals surface area contributed by atoms with Gasteiger partial charge in [-0.25, -0.2) is 0 Å². The van der Waals surface area contributed by atoms with Crippen molar-refractivity contribution in [3.8, 4) is 0 Å². The molecule has 0 saturated heterocycles. The van der Waals surface area contributed by atoms with Gasteiger partial charge < -0.3 is 4.74 Å². The van der Waals surface area contributed by atoms with Crippen molar-refractivity contribution in [1.82, 2.24) is 5.32 Å². The molecule has 84 valence electrons. The van der Waals surface area contributed by atoms with Gasteiger partial charge in [-0.2, -0.15) is 0 Å². The van der Waals surface area contributed by atoms with Crippen LogP contribution >= 0.6 is 0 Å². The van der Waals surface area contributed by atoms with Crippen molar-refractivity contribution in [1.29, 1.82) is 0 Å². The number of hydrogen-bond donors (Lipinski definition) is 1. The number of carbonyl (C=O) groups is 1. The van der Waals surface area contributed by atoms with Crippen LogP contribution in [0.3, 0.4) is 0 Å². The Hall–Kier alpha value is -0.570. The Balaban J connectivity index is 4.15. The van der Waals surface area contributed by atoms with Crippen molar-refractivity contribution in [2.24, 2.45) is 0 Å². The lowest BCUT2D eigenvalue weighted by Crippen LogP contribution is -2.49. The van der Waals surface area contributed by atoms with Gasteiger partial charge in [-0.3, -0.25) is 10.1 Å². The molecule has 0 rings (SSSR count). The van der Waals surface area contributed by atoms with E-state index in [-0.39, 0.29) is 17.6 Å². The monoisotopic (exact) mass is 201 g/mol. The van der Waals surface area contributed by atoms with Crippen LogP contribution in [-0.2, 0) is 9.53 Å². The molecule has 0 aliphatic heterocycles. The summed E-state index contributed by atoms with van der Waals surface area (Å²) in [6, 6.07) is -0.222. The van der Waals surface area contributed by atoms with Gasteiger partial charge in [0, 0.05) is 5.54 Å². The number of esters is 1. The molecule has 0 bridgehead atoms. The minimum Gasteiger partial charge on any atom is -0.465 e. The quantitative estimate of drug-likeness (QED) is 0.669. The average molecular weight is 201 g/mol. The van der Waals surface area contributed by atoms with Gasteiger partial charge in [-0.15, -0.1) is 0 Å². The van der Waals surface area contributed by atoms with Crippen LogP contribution in [0.15, 0.2) is 0 Å². The van der Waals surface area contributed by atoms with E-state index in [0.717, 1.165) is 12.8 Å². The predicted molar refractivity (Wildman–Crippen MR) is 58.2 cm³/mol. The molecular weight excluding hydrogens is 178 g/mol. The van der Waals surface area contributed by atoms with Gasteiger partial charge in [0.2, 0.25) is 0 Å². The van der Waals surface area contributed by atoms with Crippen LogP contribution in [0.4, 0.5) is 0 Å². The second-order valence-corrected chi connectivity index (χ2v) is 3.89. The summed E-state index contributed by atoms with van der Waals surface area (Å²) in [6.07, 6.45) is 2.01. The normalized spacial score (nSPS) is 13.8. The van der Waals surface area contributed by atoms with E-state index in [1.165, 1.54) is 0 Å². The molecule has 0 amide bonds. The highest BCUT2D eigenvalue weighted by Gasteiger charge is 2.25. The molecule has 3 nitrogen and oxygen atoms in total. The number of ether oxygens (including phenoxy) is 1. The van der Waals surface area contributed by atoms with Gasteiger partial charge in [-0.05, 0) is 33.6 Å². The SMILES string of the molecule is CCOC(=O)C(C)NC(C)(CC)CC. The van der Waals surface area contributed by atoms with Crippen LogP contribution in [0.1, 0.15) is 47.5 Å². The number of hydrogen-bond acceptors (Lipinski definition) is 3. The molecule has 0 radical (unpaired) electrons. The lowest BCUT2D eigenvalue weighted by Gasteiger charge is -2.31. The Morgan fingerprint density at radius 2 is 1.86 bits per heavy atom. The molecule has 3 heteroatoms. The zero-order valence-corrected chi connectivity index (χ0v) is 10.0. The molecule has 0 saturated carbocycles. The van der Waals surface area contributed by atoms with Crippen molar-refractivity contribution < 1.29 is 9.53 Å². The summed E-state index contributed by atoms with van der Waals surface area (Å²) >= 11 is 0.